The highest BCUT2D eigenvalue weighted by atomic mass is 16.1. The van der Waals surface area contributed by atoms with Crippen LogP contribution in [-0.2, 0) is 4.79 Å². The fourth-order valence-corrected chi connectivity index (χ4v) is 5.17. The molecule has 0 saturated carbocycles. The minimum absolute atomic E-state index is 0.0284. The van der Waals surface area contributed by atoms with E-state index in [1.807, 2.05) is 39.2 Å². The highest BCUT2D eigenvalue weighted by molar-refractivity contribution is 5.99. The van der Waals surface area contributed by atoms with E-state index in [0.29, 0.717) is 17.8 Å². The van der Waals surface area contributed by atoms with Gasteiger partial charge >= 0.3 is 0 Å². The predicted octanol–water partition coefficient (Wildman–Crippen LogP) is 5.93. The molecule has 0 bridgehead atoms. The lowest BCUT2D eigenvalue weighted by atomic mass is 9.92. The summed E-state index contributed by atoms with van der Waals surface area (Å²) in [7, 11) is 0. The van der Waals surface area contributed by atoms with Crippen molar-refractivity contribution in [2.45, 2.75) is 46.5 Å². The van der Waals surface area contributed by atoms with Crippen LogP contribution in [0.5, 0.6) is 0 Å². The highest BCUT2D eigenvalue weighted by Gasteiger charge is 2.19. The average Bonchev–Trinajstić information content (AvgIpc) is 3.51. The van der Waals surface area contributed by atoms with Crippen molar-refractivity contribution in [2.75, 3.05) is 23.3 Å². The Balaban J connectivity index is 1.33. The van der Waals surface area contributed by atoms with Crippen LogP contribution in [0.15, 0.2) is 49.2 Å². The minimum Gasteiger partial charge on any atom is -0.370 e. The average molecular weight is 509 g/mol. The largest absolute Gasteiger partial charge is 0.370 e. The van der Waals surface area contributed by atoms with Gasteiger partial charge in [-0.05, 0) is 42.9 Å². The molecule has 1 saturated heterocycles. The van der Waals surface area contributed by atoms with E-state index < -0.39 is 0 Å². The molecule has 9 nitrogen and oxygen atoms in total. The molecule has 0 radical (unpaired) electrons. The first-order chi connectivity index (χ1) is 18.3. The first-order valence-electron chi connectivity index (χ1n) is 13.2. The Kier molecular flexibility index (Phi) is 6.06. The molecule has 0 unspecified atom stereocenters. The van der Waals surface area contributed by atoms with Crippen LogP contribution in [0, 0.1) is 5.41 Å². The second kappa shape index (κ2) is 9.55. The molecule has 3 N–H and O–H groups in total. The van der Waals surface area contributed by atoms with E-state index in [4.69, 9.17) is 0 Å². The number of piperidine rings is 1. The fraction of sp³-hybridized carbons (Fsp3) is 0.345. The first kappa shape index (κ1) is 24.1. The Labute approximate surface area is 221 Å². The van der Waals surface area contributed by atoms with Crippen LogP contribution >= 0.6 is 0 Å². The number of hydrogen-bond donors (Lipinski definition) is 3. The molecule has 0 spiro atoms. The summed E-state index contributed by atoms with van der Waals surface area (Å²) >= 11 is 0. The van der Waals surface area contributed by atoms with Gasteiger partial charge < -0.3 is 15.2 Å². The van der Waals surface area contributed by atoms with Crippen molar-refractivity contribution in [3.63, 3.8) is 0 Å². The summed E-state index contributed by atoms with van der Waals surface area (Å²) in [6, 6.07) is 6.15. The Bertz CT molecular complexity index is 1620. The molecule has 0 atom stereocenters. The minimum atomic E-state index is -0.0883. The maximum atomic E-state index is 12.4. The quantitative estimate of drug-likeness (QED) is 0.271. The molecule has 0 aromatic carbocycles. The van der Waals surface area contributed by atoms with Crippen LogP contribution in [0.4, 0.5) is 11.4 Å². The van der Waals surface area contributed by atoms with Gasteiger partial charge in [0, 0.05) is 53.8 Å². The van der Waals surface area contributed by atoms with Crippen LogP contribution in [0.2, 0.25) is 0 Å². The molecular weight excluding hydrogens is 476 g/mol. The van der Waals surface area contributed by atoms with Crippen molar-refractivity contribution in [1.82, 2.24) is 30.1 Å². The number of aromatic nitrogens is 6. The molecule has 38 heavy (non-hydrogen) atoms. The third kappa shape index (κ3) is 4.83. The molecule has 6 heterocycles. The van der Waals surface area contributed by atoms with E-state index in [1.165, 1.54) is 24.9 Å². The lowest BCUT2D eigenvalue weighted by molar-refractivity contribution is -0.117. The van der Waals surface area contributed by atoms with Crippen molar-refractivity contribution >= 4 is 39.2 Å². The van der Waals surface area contributed by atoms with Gasteiger partial charge in [0.25, 0.3) is 0 Å². The predicted molar refractivity (Wildman–Crippen MR) is 151 cm³/mol. The van der Waals surface area contributed by atoms with Gasteiger partial charge in [-0.1, -0.05) is 20.8 Å². The van der Waals surface area contributed by atoms with Gasteiger partial charge in [-0.25, -0.2) is 4.98 Å². The molecule has 1 aliphatic rings. The van der Waals surface area contributed by atoms with E-state index in [1.54, 1.807) is 18.6 Å². The topological polar surface area (TPSA) is 115 Å². The summed E-state index contributed by atoms with van der Waals surface area (Å²) in [6.45, 7) is 8.25. The zero-order valence-corrected chi connectivity index (χ0v) is 22.0. The number of hydrogen-bond acceptors (Lipinski definition) is 6. The Morgan fingerprint density at radius 1 is 0.947 bits per heavy atom. The molecule has 1 fully saturated rings. The summed E-state index contributed by atoms with van der Waals surface area (Å²) in [5.41, 5.74) is 6.92. The van der Waals surface area contributed by atoms with Crippen LogP contribution in [0.25, 0.3) is 44.5 Å². The summed E-state index contributed by atoms with van der Waals surface area (Å²) in [4.78, 5) is 31.9. The number of carbonyl (C=O) groups excluding carboxylic acids is 1. The number of anilines is 2. The number of rotatable bonds is 5. The van der Waals surface area contributed by atoms with E-state index in [2.05, 4.69) is 52.5 Å². The standard InChI is InChI=1S/C29H32N8O/c1-29(2,3)12-26(38)33-20-9-18(13-30-15-20)19-10-22-27(35-36-28(22)32-14-19)23-11-21-24(34-23)16-31-17-25(21)37-7-5-4-6-8-37/h9-11,13-17,34H,4-8,12H2,1-3H3,(H,33,38)(H,32,35,36). The highest BCUT2D eigenvalue weighted by Crippen LogP contribution is 2.34. The number of H-pyrrole nitrogens is 2. The van der Waals surface area contributed by atoms with E-state index in [9.17, 15) is 4.79 Å². The van der Waals surface area contributed by atoms with Crippen molar-refractivity contribution in [1.29, 1.82) is 0 Å². The van der Waals surface area contributed by atoms with Gasteiger partial charge in [-0.15, -0.1) is 0 Å². The van der Waals surface area contributed by atoms with Gasteiger partial charge in [0.15, 0.2) is 5.65 Å². The summed E-state index contributed by atoms with van der Waals surface area (Å²) in [5, 5.41) is 12.7. The number of nitrogens with one attached hydrogen (secondary N) is 3. The molecule has 5 aromatic rings. The van der Waals surface area contributed by atoms with Crippen molar-refractivity contribution < 1.29 is 4.79 Å². The van der Waals surface area contributed by atoms with Crippen molar-refractivity contribution in [2.24, 2.45) is 5.41 Å². The van der Waals surface area contributed by atoms with E-state index in [0.717, 1.165) is 51.9 Å². The lowest BCUT2D eigenvalue weighted by Crippen LogP contribution is -2.29. The summed E-state index contributed by atoms with van der Waals surface area (Å²) < 4.78 is 0. The lowest BCUT2D eigenvalue weighted by Gasteiger charge is -2.28. The number of fused-ring (bicyclic) bond motifs is 2. The van der Waals surface area contributed by atoms with Crippen LogP contribution in [0.3, 0.4) is 0 Å². The van der Waals surface area contributed by atoms with Gasteiger partial charge in [-0.2, -0.15) is 5.10 Å². The number of nitrogens with zero attached hydrogens (tertiary/aromatic N) is 5. The van der Waals surface area contributed by atoms with Gasteiger partial charge in [0.1, 0.15) is 5.69 Å². The van der Waals surface area contributed by atoms with Crippen molar-refractivity contribution in [3.05, 3.63) is 49.2 Å². The second-order valence-corrected chi connectivity index (χ2v) is 11.3. The third-order valence-corrected chi connectivity index (χ3v) is 6.94. The molecule has 0 aliphatic carbocycles. The number of pyridine rings is 3. The molecular formula is C29H32N8O. The normalized spacial score (nSPS) is 14.3. The smallest absolute Gasteiger partial charge is 0.224 e. The molecule has 1 aliphatic heterocycles. The maximum absolute atomic E-state index is 12.4. The molecule has 194 valence electrons. The molecule has 9 heteroatoms. The first-order valence-corrected chi connectivity index (χ1v) is 13.2. The number of aromatic amines is 2. The number of carbonyl (C=O) groups is 1. The van der Waals surface area contributed by atoms with Gasteiger partial charge in [0.05, 0.1) is 41.2 Å². The SMILES string of the molecule is CC(C)(C)CC(=O)Nc1cncc(-c2cnc3[nH]nc(-c4cc5c(N6CCCCC6)cncc5[nH]4)c3c2)c1. The van der Waals surface area contributed by atoms with E-state index in [-0.39, 0.29) is 11.3 Å². The maximum Gasteiger partial charge on any atom is 0.224 e. The molecule has 5 aromatic heterocycles. The van der Waals surface area contributed by atoms with E-state index >= 15 is 0 Å². The zero-order valence-electron chi connectivity index (χ0n) is 22.0. The Morgan fingerprint density at radius 2 is 1.74 bits per heavy atom. The number of amides is 1. The zero-order chi connectivity index (χ0) is 26.3. The van der Waals surface area contributed by atoms with Crippen LogP contribution in [-0.4, -0.2) is 49.1 Å². The van der Waals surface area contributed by atoms with Gasteiger partial charge in [0.2, 0.25) is 5.91 Å². The van der Waals surface area contributed by atoms with Crippen LogP contribution in [0.1, 0.15) is 46.5 Å². The van der Waals surface area contributed by atoms with Crippen molar-refractivity contribution in [3.8, 4) is 22.5 Å². The molecule has 1 amide bonds. The summed E-state index contributed by atoms with van der Waals surface area (Å²) in [6.07, 6.45) is 13.2. The monoisotopic (exact) mass is 508 g/mol. The Morgan fingerprint density at radius 3 is 2.55 bits per heavy atom. The second-order valence-electron chi connectivity index (χ2n) is 11.3. The third-order valence-electron chi connectivity index (χ3n) is 6.94. The van der Waals surface area contributed by atoms with Crippen LogP contribution < -0.4 is 10.2 Å². The molecule has 6 rings (SSSR count). The summed E-state index contributed by atoms with van der Waals surface area (Å²) in [5.74, 6) is -0.0284. The fourth-order valence-electron chi connectivity index (χ4n) is 5.17. The Hall–Kier alpha value is -4.27. The van der Waals surface area contributed by atoms with Gasteiger partial charge in [-0.3, -0.25) is 19.9 Å².